The summed E-state index contributed by atoms with van der Waals surface area (Å²) in [6.45, 7) is 35.1. The summed E-state index contributed by atoms with van der Waals surface area (Å²) in [5.74, 6) is 1.06. The van der Waals surface area contributed by atoms with Crippen molar-refractivity contribution in [1.29, 1.82) is 0 Å². The first kappa shape index (κ1) is 35.1. The van der Waals surface area contributed by atoms with Crippen LogP contribution < -0.4 is 0 Å². The number of nitrogens with zero attached hydrogens (tertiary/aromatic N) is 2. The average molecular weight is 567 g/mol. The van der Waals surface area contributed by atoms with Gasteiger partial charge in [-0.15, -0.1) is 0 Å². The van der Waals surface area contributed by atoms with Gasteiger partial charge in [0.1, 0.15) is 5.82 Å². The summed E-state index contributed by atoms with van der Waals surface area (Å²) in [6.07, 6.45) is 8.44. The number of aromatic nitrogens is 2. The Bertz CT molecular complexity index is 1440. The Morgan fingerprint density at radius 3 is 2.14 bits per heavy atom. The van der Waals surface area contributed by atoms with Crippen LogP contribution in [0.15, 0.2) is 72.5 Å². The molecule has 0 bridgehead atoms. The Kier molecular flexibility index (Phi) is 12.0. The maximum atomic E-state index is 5.20. The Morgan fingerprint density at radius 2 is 1.60 bits per heavy atom. The molecule has 0 radical (unpaired) electrons. The van der Waals surface area contributed by atoms with Gasteiger partial charge < -0.3 is 4.57 Å². The standard InChI is InChI=1S/C36H46N2.2C2H6/c1-12-17-24(6)33(23(4)5)32-22-37-34(38(32)25(7)13-2)28-21-31-27(20-30(28)35(8,9)14-3)26-18-15-16-19-29(26)36(31,10)11;2*1-2/h12,15-22,25H,4,13-14H2,1-3,5-11H3;2*1-2H3/b17-12-,33-24+;;. The van der Waals surface area contributed by atoms with E-state index >= 15 is 0 Å². The molecule has 1 aromatic heterocycles. The normalized spacial score (nSPS) is 14.6. The summed E-state index contributed by atoms with van der Waals surface area (Å²) in [6, 6.07) is 14.2. The molecule has 4 rings (SSSR count). The minimum atomic E-state index is -0.0581. The zero-order valence-corrected chi connectivity index (χ0v) is 29.3. The van der Waals surface area contributed by atoms with Crippen LogP contribution in [0.2, 0.25) is 0 Å². The zero-order chi connectivity index (χ0) is 32.0. The third-order valence-corrected chi connectivity index (χ3v) is 8.90. The van der Waals surface area contributed by atoms with Crippen molar-refractivity contribution in [3.63, 3.8) is 0 Å². The minimum absolute atomic E-state index is 0.00627. The number of rotatable bonds is 8. The SMILES string of the molecule is C=C(C)/C(=C(C)\C=C/C)c1cnc(-c2cc3c(cc2C(C)(C)CC)-c2ccccc2C3(C)C)n1C(C)CC.CC.CC. The summed E-state index contributed by atoms with van der Waals surface area (Å²) in [7, 11) is 0. The van der Waals surface area contributed by atoms with Gasteiger partial charge in [0, 0.05) is 22.6 Å². The van der Waals surface area contributed by atoms with Crippen LogP contribution in [0, 0.1) is 0 Å². The van der Waals surface area contributed by atoms with E-state index in [1.54, 1.807) is 0 Å². The first-order valence-electron chi connectivity index (χ1n) is 16.3. The molecular weight excluding hydrogens is 508 g/mol. The van der Waals surface area contributed by atoms with E-state index in [1.807, 2.05) is 27.7 Å². The molecule has 0 fully saturated rings. The molecule has 2 aromatic carbocycles. The summed E-state index contributed by atoms with van der Waals surface area (Å²) < 4.78 is 2.48. The fraction of sp³-hybridized carbons (Fsp3) is 0.475. The molecule has 1 aliphatic rings. The highest BCUT2D eigenvalue weighted by molar-refractivity contribution is 5.86. The van der Waals surface area contributed by atoms with Crippen LogP contribution in [-0.2, 0) is 10.8 Å². The molecule has 0 amide bonds. The van der Waals surface area contributed by atoms with Crippen LogP contribution in [0.25, 0.3) is 28.1 Å². The molecule has 0 saturated heterocycles. The molecule has 2 heteroatoms. The maximum Gasteiger partial charge on any atom is 0.140 e. The molecule has 0 spiro atoms. The van der Waals surface area contributed by atoms with Crippen LogP contribution >= 0.6 is 0 Å². The largest absolute Gasteiger partial charge is 0.321 e. The highest BCUT2D eigenvalue weighted by Crippen LogP contribution is 2.52. The van der Waals surface area contributed by atoms with Crippen molar-refractivity contribution in [2.75, 3.05) is 0 Å². The molecule has 1 unspecified atom stereocenters. The lowest BCUT2D eigenvalue weighted by atomic mass is 9.76. The van der Waals surface area contributed by atoms with Gasteiger partial charge in [-0.05, 0) is 97.0 Å². The van der Waals surface area contributed by atoms with E-state index in [1.165, 1.54) is 44.5 Å². The van der Waals surface area contributed by atoms with Gasteiger partial charge in [-0.1, -0.05) is 112 Å². The molecule has 0 N–H and O–H groups in total. The predicted molar refractivity (Wildman–Crippen MR) is 188 cm³/mol. The smallest absolute Gasteiger partial charge is 0.140 e. The van der Waals surface area contributed by atoms with E-state index in [4.69, 9.17) is 4.98 Å². The average Bonchev–Trinajstić information content (AvgIpc) is 3.51. The van der Waals surface area contributed by atoms with Crippen LogP contribution in [0.4, 0.5) is 0 Å². The Labute approximate surface area is 258 Å². The molecule has 1 aliphatic carbocycles. The third-order valence-electron chi connectivity index (χ3n) is 8.90. The van der Waals surface area contributed by atoms with Crippen molar-refractivity contribution in [3.8, 4) is 22.5 Å². The molecular formula is C40H58N2. The van der Waals surface area contributed by atoms with Crippen molar-refractivity contribution >= 4 is 5.57 Å². The number of hydrogen-bond donors (Lipinski definition) is 0. The first-order chi connectivity index (χ1) is 19.9. The topological polar surface area (TPSA) is 17.8 Å². The number of fused-ring (bicyclic) bond motifs is 3. The quantitative estimate of drug-likeness (QED) is 0.248. The van der Waals surface area contributed by atoms with Gasteiger partial charge >= 0.3 is 0 Å². The number of allylic oxidation sites excluding steroid dienone is 5. The fourth-order valence-corrected chi connectivity index (χ4v) is 6.15. The summed E-state index contributed by atoms with van der Waals surface area (Å²) in [4.78, 5) is 5.20. The monoisotopic (exact) mass is 566 g/mol. The molecule has 2 nitrogen and oxygen atoms in total. The van der Waals surface area contributed by atoms with Crippen LogP contribution in [0.3, 0.4) is 0 Å². The fourth-order valence-electron chi connectivity index (χ4n) is 6.15. The van der Waals surface area contributed by atoms with Crippen molar-refractivity contribution in [3.05, 3.63) is 94.9 Å². The second-order valence-corrected chi connectivity index (χ2v) is 12.3. The molecule has 0 aliphatic heterocycles. The highest BCUT2D eigenvalue weighted by atomic mass is 15.1. The van der Waals surface area contributed by atoms with Crippen LogP contribution in [0.1, 0.15) is 138 Å². The summed E-state index contributed by atoms with van der Waals surface area (Å²) in [5, 5.41) is 0. The second kappa shape index (κ2) is 14.4. The first-order valence-corrected chi connectivity index (χ1v) is 16.3. The molecule has 228 valence electrons. The van der Waals surface area contributed by atoms with Crippen LogP contribution in [0.5, 0.6) is 0 Å². The van der Waals surface area contributed by atoms with E-state index in [2.05, 4.69) is 135 Å². The maximum absolute atomic E-state index is 5.20. The van der Waals surface area contributed by atoms with Crippen molar-refractivity contribution < 1.29 is 0 Å². The second-order valence-electron chi connectivity index (χ2n) is 12.3. The van der Waals surface area contributed by atoms with Gasteiger partial charge in [0.05, 0.1) is 11.9 Å². The lowest BCUT2D eigenvalue weighted by Gasteiger charge is -2.30. The van der Waals surface area contributed by atoms with Crippen molar-refractivity contribution in [2.24, 2.45) is 0 Å². The minimum Gasteiger partial charge on any atom is -0.321 e. The van der Waals surface area contributed by atoms with Gasteiger partial charge in [0.25, 0.3) is 0 Å². The number of imidazole rings is 1. The predicted octanol–water partition coefficient (Wildman–Crippen LogP) is 12.5. The lowest BCUT2D eigenvalue weighted by molar-refractivity contribution is 0.503. The molecule has 1 atom stereocenters. The zero-order valence-electron chi connectivity index (χ0n) is 29.3. The van der Waals surface area contributed by atoms with E-state index < -0.39 is 0 Å². The molecule has 42 heavy (non-hydrogen) atoms. The molecule has 3 aromatic rings. The van der Waals surface area contributed by atoms with E-state index in [9.17, 15) is 0 Å². The van der Waals surface area contributed by atoms with Gasteiger partial charge in [0.15, 0.2) is 0 Å². The van der Waals surface area contributed by atoms with Crippen LogP contribution in [-0.4, -0.2) is 9.55 Å². The molecule has 0 saturated carbocycles. The Morgan fingerprint density at radius 1 is 0.976 bits per heavy atom. The Hall–Kier alpha value is -3.13. The van der Waals surface area contributed by atoms with Crippen molar-refractivity contribution in [2.45, 2.75) is 127 Å². The van der Waals surface area contributed by atoms with Crippen molar-refractivity contribution in [1.82, 2.24) is 9.55 Å². The lowest BCUT2D eigenvalue weighted by Crippen LogP contribution is -2.20. The van der Waals surface area contributed by atoms with Gasteiger partial charge in [-0.3, -0.25) is 0 Å². The third kappa shape index (κ3) is 6.29. The van der Waals surface area contributed by atoms with E-state index in [-0.39, 0.29) is 10.8 Å². The summed E-state index contributed by atoms with van der Waals surface area (Å²) in [5.41, 5.74) is 12.8. The number of hydrogen-bond acceptors (Lipinski definition) is 1. The van der Waals surface area contributed by atoms with Gasteiger partial charge in [-0.25, -0.2) is 4.98 Å². The Balaban J connectivity index is 0.00000148. The number of benzene rings is 2. The highest BCUT2D eigenvalue weighted by Gasteiger charge is 2.38. The van der Waals surface area contributed by atoms with E-state index in [0.29, 0.717) is 6.04 Å². The van der Waals surface area contributed by atoms with Gasteiger partial charge in [-0.2, -0.15) is 0 Å². The van der Waals surface area contributed by atoms with E-state index in [0.717, 1.165) is 29.9 Å². The van der Waals surface area contributed by atoms with Gasteiger partial charge in [0.2, 0.25) is 0 Å². The summed E-state index contributed by atoms with van der Waals surface area (Å²) >= 11 is 0. The molecule has 1 heterocycles.